The number of nitrogens with zero attached hydrogens (tertiary/aromatic N) is 1. The molecule has 1 aromatic rings. The van der Waals surface area contributed by atoms with Gasteiger partial charge in [-0.15, -0.1) is 0 Å². The van der Waals surface area contributed by atoms with E-state index in [4.69, 9.17) is 5.73 Å². The quantitative estimate of drug-likeness (QED) is 0.803. The highest BCUT2D eigenvalue weighted by molar-refractivity contribution is 5.23. The van der Waals surface area contributed by atoms with Crippen molar-refractivity contribution in [2.24, 2.45) is 11.7 Å². The maximum Gasteiger partial charge on any atom is 0.152 e. The monoisotopic (exact) mass is 198 g/mol. The van der Waals surface area contributed by atoms with Gasteiger partial charge in [-0.1, -0.05) is 0 Å². The third-order valence-electron chi connectivity index (χ3n) is 2.71. The smallest absolute Gasteiger partial charge is 0.152 e. The predicted octanol–water partition coefficient (Wildman–Crippen LogP) is 1.75. The van der Waals surface area contributed by atoms with Gasteiger partial charge < -0.3 is 5.73 Å². The second kappa shape index (κ2) is 3.28. The van der Waals surface area contributed by atoms with Crippen LogP contribution in [0.5, 0.6) is 0 Å². The van der Waals surface area contributed by atoms with Crippen molar-refractivity contribution < 1.29 is 8.78 Å². The van der Waals surface area contributed by atoms with Gasteiger partial charge in [0.1, 0.15) is 5.82 Å². The molecule has 76 valence electrons. The van der Waals surface area contributed by atoms with Crippen molar-refractivity contribution in [1.29, 1.82) is 0 Å². The zero-order valence-corrected chi connectivity index (χ0v) is 7.71. The standard InChI is InChI=1S/C10H12F2N2/c11-9-3-8(4-14-5-9)10(12,6-13)7-1-2-7/h3-5,7H,1-2,6,13H2. The van der Waals surface area contributed by atoms with E-state index < -0.39 is 11.5 Å². The molecule has 1 unspecified atom stereocenters. The molecule has 0 aliphatic heterocycles. The Morgan fingerprint density at radius 1 is 1.50 bits per heavy atom. The highest BCUT2D eigenvalue weighted by atomic mass is 19.1. The van der Waals surface area contributed by atoms with Crippen molar-refractivity contribution in [2.75, 3.05) is 6.54 Å². The average Bonchev–Trinajstić information content (AvgIpc) is 3.00. The SMILES string of the molecule is NCC(F)(c1cncc(F)c1)C1CC1. The van der Waals surface area contributed by atoms with Crippen LogP contribution in [0.3, 0.4) is 0 Å². The minimum atomic E-state index is -1.59. The zero-order valence-electron chi connectivity index (χ0n) is 7.71. The van der Waals surface area contributed by atoms with Crippen LogP contribution in [0.4, 0.5) is 8.78 Å². The molecule has 2 N–H and O–H groups in total. The lowest BCUT2D eigenvalue weighted by atomic mass is 9.92. The number of nitrogens with two attached hydrogens (primary N) is 1. The van der Waals surface area contributed by atoms with Crippen molar-refractivity contribution in [3.63, 3.8) is 0 Å². The fraction of sp³-hybridized carbons (Fsp3) is 0.500. The van der Waals surface area contributed by atoms with E-state index in [1.165, 1.54) is 12.3 Å². The number of aromatic nitrogens is 1. The van der Waals surface area contributed by atoms with Crippen molar-refractivity contribution >= 4 is 0 Å². The molecule has 1 heterocycles. The summed E-state index contributed by atoms with van der Waals surface area (Å²) in [5.74, 6) is -0.574. The maximum absolute atomic E-state index is 14.3. The minimum Gasteiger partial charge on any atom is -0.327 e. The van der Waals surface area contributed by atoms with Gasteiger partial charge in [-0.3, -0.25) is 4.98 Å². The summed E-state index contributed by atoms with van der Waals surface area (Å²) >= 11 is 0. The van der Waals surface area contributed by atoms with Crippen LogP contribution in [0, 0.1) is 11.7 Å². The molecule has 1 aliphatic carbocycles. The van der Waals surface area contributed by atoms with Crippen molar-refractivity contribution in [3.05, 3.63) is 29.8 Å². The van der Waals surface area contributed by atoms with Gasteiger partial charge in [0, 0.05) is 18.3 Å². The average molecular weight is 198 g/mol. The van der Waals surface area contributed by atoms with E-state index in [-0.39, 0.29) is 18.0 Å². The molecule has 0 bridgehead atoms. The third kappa shape index (κ3) is 1.50. The second-order valence-corrected chi connectivity index (χ2v) is 3.73. The molecule has 14 heavy (non-hydrogen) atoms. The van der Waals surface area contributed by atoms with Crippen LogP contribution in [0.25, 0.3) is 0 Å². The molecular formula is C10H12F2N2. The van der Waals surface area contributed by atoms with Crippen LogP contribution in [0.15, 0.2) is 18.5 Å². The highest BCUT2D eigenvalue weighted by Gasteiger charge is 2.46. The Bertz CT molecular complexity index is 339. The van der Waals surface area contributed by atoms with E-state index in [0.29, 0.717) is 0 Å². The summed E-state index contributed by atoms with van der Waals surface area (Å²) in [5, 5.41) is 0. The summed E-state index contributed by atoms with van der Waals surface area (Å²) in [7, 11) is 0. The molecule has 1 saturated carbocycles. The molecule has 1 fully saturated rings. The van der Waals surface area contributed by atoms with Gasteiger partial charge in [0.25, 0.3) is 0 Å². The molecule has 0 amide bonds. The van der Waals surface area contributed by atoms with Crippen molar-refractivity contribution in [1.82, 2.24) is 4.98 Å². The Balaban J connectivity index is 2.35. The maximum atomic E-state index is 14.3. The molecule has 0 aromatic carbocycles. The number of rotatable bonds is 3. The summed E-state index contributed by atoms with van der Waals surface area (Å²) in [6.07, 6.45) is 4.07. The Kier molecular flexibility index (Phi) is 2.23. The van der Waals surface area contributed by atoms with E-state index in [2.05, 4.69) is 4.98 Å². The molecule has 2 nitrogen and oxygen atoms in total. The Morgan fingerprint density at radius 3 is 2.71 bits per heavy atom. The van der Waals surface area contributed by atoms with Gasteiger partial charge in [0.15, 0.2) is 5.67 Å². The lowest BCUT2D eigenvalue weighted by Crippen LogP contribution is -2.32. The number of halogens is 2. The molecular weight excluding hydrogens is 186 g/mol. The second-order valence-electron chi connectivity index (χ2n) is 3.73. The molecule has 1 atom stereocenters. The molecule has 0 spiro atoms. The topological polar surface area (TPSA) is 38.9 Å². The number of alkyl halides is 1. The lowest BCUT2D eigenvalue weighted by Gasteiger charge is -2.23. The van der Waals surface area contributed by atoms with Gasteiger partial charge in [-0.05, 0) is 24.8 Å². The summed E-state index contributed by atoms with van der Waals surface area (Å²) in [4.78, 5) is 3.64. The first-order valence-corrected chi connectivity index (χ1v) is 4.67. The first-order chi connectivity index (χ1) is 6.66. The Hall–Kier alpha value is -1.03. The first kappa shape index (κ1) is 9.52. The Labute approximate surface area is 81.1 Å². The molecule has 0 radical (unpaired) electrons. The molecule has 4 heteroatoms. The summed E-state index contributed by atoms with van der Waals surface area (Å²) in [6, 6.07) is 1.18. The zero-order chi connectivity index (χ0) is 10.2. The van der Waals surface area contributed by atoms with Gasteiger partial charge in [-0.25, -0.2) is 8.78 Å². The van der Waals surface area contributed by atoms with Crippen LogP contribution in [0.2, 0.25) is 0 Å². The lowest BCUT2D eigenvalue weighted by molar-refractivity contribution is 0.142. The predicted molar refractivity (Wildman–Crippen MR) is 48.8 cm³/mol. The number of pyridine rings is 1. The van der Waals surface area contributed by atoms with Crippen molar-refractivity contribution in [2.45, 2.75) is 18.5 Å². The summed E-state index contributed by atoms with van der Waals surface area (Å²) < 4.78 is 27.1. The molecule has 1 aliphatic rings. The molecule has 1 aromatic heterocycles. The fourth-order valence-corrected chi connectivity index (χ4v) is 1.70. The van der Waals surface area contributed by atoms with Crippen LogP contribution >= 0.6 is 0 Å². The van der Waals surface area contributed by atoms with E-state index in [1.54, 1.807) is 0 Å². The largest absolute Gasteiger partial charge is 0.327 e. The van der Waals surface area contributed by atoms with Gasteiger partial charge in [0.2, 0.25) is 0 Å². The molecule has 0 saturated heterocycles. The van der Waals surface area contributed by atoms with E-state index in [1.807, 2.05) is 0 Å². The van der Waals surface area contributed by atoms with Gasteiger partial charge in [0.05, 0.1) is 6.20 Å². The van der Waals surface area contributed by atoms with Gasteiger partial charge in [-0.2, -0.15) is 0 Å². The van der Waals surface area contributed by atoms with Crippen LogP contribution in [0.1, 0.15) is 18.4 Å². The summed E-state index contributed by atoms with van der Waals surface area (Å²) in [5.41, 5.74) is 4.08. The Morgan fingerprint density at radius 2 is 2.21 bits per heavy atom. The molecule has 2 rings (SSSR count). The van der Waals surface area contributed by atoms with Crippen LogP contribution in [-0.4, -0.2) is 11.5 Å². The first-order valence-electron chi connectivity index (χ1n) is 4.67. The number of hydrogen-bond acceptors (Lipinski definition) is 2. The van der Waals surface area contributed by atoms with Crippen molar-refractivity contribution in [3.8, 4) is 0 Å². The van der Waals surface area contributed by atoms with Gasteiger partial charge >= 0.3 is 0 Å². The normalized spacial score (nSPS) is 20.5. The van der Waals surface area contributed by atoms with E-state index in [0.717, 1.165) is 19.0 Å². The number of hydrogen-bond donors (Lipinski definition) is 1. The summed E-state index contributed by atoms with van der Waals surface area (Å²) in [6.45, 7) is -0.108. The van der Waals surface area contributed by atoms with E-state index >= 15 is 0 Å². The van der Waals surface area contributed by atoms with Crippen LogP contribution in [-0.2, 0) is 5.67 Å². The fourth-order valence-electron chi connectivity index (χ4n) is 1.70. The van der Waals surface area contributed by atoms with Crippen LogP contribution < -0.4 is 5.73 Å². The minimum absolute atomic E-state index is 0.0592. The van der Waals surface area contributed by atoms with E-state index in [9.17, 15) is 8.78 Å². The highest BCUT2D eigenvalue weighted by Crippen LogP contribution is 2.47. The third-order valence-corrected chi connectivity index (χ3v) is 2.71.